The molecule has 2 atom stereocenters. The van der Waals surface area contributed by atoms with E-state index in [1.807, 2.05) is 11.8 Å². The van der Waals surface area contributed by atoms with E-state index < -0.39 is 13.9 Å². The largest absolute Gasteiger partial charge is 0.399 e. The zero-order valence-electron chi connectivity index (χ0n) is 8.76. The molecule has 0 saturated carbocycles. The van der Waals surface area contributed by atoms with Crippen LogP contribution in [0.15, 0.2) is 0 Å². The molecule has 1 aliphatic rings. The molecule has 0 aromatic rings. The van der Waals surface area contributed by atoms with E-state index in [9.17, 15) is 0 Å². The highest BCUT2D eigenvalue weighted by molar-refractivity contribution is 8.00. The third-order valence-electron chi connectivity index (χ3n) is 1.92. The second kappa shape index (κ2) is 3.64. The first-order valence-corrected chi connectivity index (χ1v) is 9.06. The quantitative estimate of drug-likeness (QED) is 0.664. The monoisotopic (exact) mass is 215 g/mol. The molecule has 13 heavy (non-hydrogen) atoms. The molecule has 74 valence electrons. The van der Waals surface area contributed by atoms with Gasteiger partial charge in [0.2, 0.25) is 0 Å². The minimum absolute atomic E-state index is 0.478. The van der Waals surface area contributed by atoms with E-state index in [0.717, 1.165) is 12.2 Å². The lowest BCUT2D eigenvalue weighted by Crippen LogP contribution is -2.42. The van der Waals surface area contributed by atoms with Gasteiger partial charge in [-0.2, -0.15) is 17.0 Å². The van der Waals surface area contributed by atoms with Gasteiger partial charge in [0.05, 0.1) is 6.07 Å². The second-order valence-corrected chi connectivity index (χ2v) is 10.5. The van der Waals surface area contributed by atoms with E-state index in [2.05, 4.69) is 32.6 Å². The molecule has 0 aromatic carbocycles. The number of hydrogen-bond acceptors (Lipinski definition) is 3. The summed E-state index contributed by atoms with van der Waals surface area (Å²) in [7, 11) is -1.58. The summed E-state index contributed by atoms with van der Waals surface area (Å²) < 4.78 is 5.96. The van der Waals surface area contributed by atoms with E-state index in [-0.39, 0.29) is 0 Å². The van der Waals surface area contributed by atoms with Crippen molar-refractivity contribution in [3.63, 3.8) is 0 Å². The van der Waals surface area contributed by atoms with E-state index in [4.69, 9.17) is 9.69 Å². The highest BCUT2D eigenvalue weighted by Gasteiger charge is 2.42. The van der Waals surface area contributed by atoms with E-state index >= 15 is 0 Å². The molecular formula is C9H17NOSSi. The Labute approximate surface area is 85.8 Å². The van der Waals surface area contributed by atoms with Gasteiger partial charge in [-0.3, -0.25) is 0 Å². The molecule has 2 nitrogen and oxygen atoms in total. The van der Waals surface area contributed by atoms with Crippen LogP contribution < -0.4 is 0 Å². The summed E-state index contributed by atoms with van der Waals surface area (Å²) in [6.07, 6.45) is 0.887. The smallest absolute Gasteiger partial charge is 0.185 e. The van der Waals surface area contributed by atoms with Gasteiger partial charge >= 0.3 is 0 Å². The average molecular weight is 215 g/mol. The van der Waals surface area contributed by atoms with Crippen LogP contribution in [0.1, 0.15) is 13.3 Å². The van der Waals surface area contributed by atoms with E-state index in [1.165, 1.54) is 0 Å². The molecule has 0 bridgehead atoms. The molecule has 1 rings (SSSR count). The molecule has 1 fully saturated rings. The molecule has 4 heteroatoms. The maximum atomic E-state index is 9.13. The minimum Gasteiger partial charge on any atom is -0.399 e. The van der Waals surface area contributed by atoms with Crippen molar-refractivity contribution < 1.29 is 4.43 Å². The Bertz CT molecular complexity index is 233. The Morgan fingerprint density at radius 1 is 1.54 bits per heavy atom. The van der Waals surface area contributed by atoms with Crippen molar-refractivity contribution in [3.05, 3.63) is 0 Å². The van der Waals surface area contributed by atoms with Gasteiger partial charge in [-0.1, -0.05) is 6.92 Å². The van der Waals surface area contributed by atoms with Crippen molar-refractivity contribution in [1.82, 2.24) is 0 Å². The number of thioether (sulfide) groups is 1. The van der Waals surface area contributed by atoms with Crippen molar-refractivity contribution in [2.24, 2.45) is 0 Å². The summed E-state index contributed by atoms with van der Waals surface area (Å²) in [5, 5.41) is 9.70. The summed E-state index contributed by atoms with van der Waals surface area (Å²) in [4.78, 5) is 0. The molecule has 0 aromatic heterocycles. The van der Waals surface area contributed by atoms with Gasteiger partial charge in [0.25, 0.3) is 0 Å². The number of nitriles is 1. The van der Waals surface area contributed by atoms with Gasteiger partial charge in [0, 0.05) is 17.4 Å². The van der Waals surface area contributed by atoms with Crippen LogP contribution in [0.4, 0.5) is 0 Å². The van der Waals surface area contributed by atoms with Gasteiger partial charge in [0.1, 0.15) is 0 Å². The summed E-state index contributed by atoms with van der Waals surface area (Å²) in [6.45, 7) is 8.58. The Morgan fingerprint density at radius 3 is 2.46 bits per heavy atom. The van der Waals surface area contributed by atoms with Gasteiger partial charge in [-0.05, 0) is 19.6 Å². The van der Waals surface area contributed by atoms with Crippen LogP contribution in [0.2, 0.25) is 19.6 Å². The predicted molar refractivity (Wildman–Crippen MR) is 59.3 cm³/mol. The second-order valence-electron chi connectivity index (χ2n) is 4.65. The van der Waals surface area contributed by atoms with Crippen LogP contribution in [-0.4, -0.2) is 24.9 Å². The molecule has 0 amide bonds. The van der Waals surface area contributed by atoms with Crippen LogP contribution in [0, 0.1) is 11.3 Å². The minimum atomic E-state index is -1.58. The lowest BCUT2D eigenvalue weighted by atomic mass is 10.0. The van der Waals surface area contributed by atoms with Gasteiger partial charge < -0.3 is 4.43 Å². The molecule has 2 unspecified atom stereocenters. The summed E-state index contributed by atoms with van der Waals surface area (Å²) in [5.41, 5.74) is -0.478. The van der Waals surface area contributed by atoms with Crippen LogP contribution in [-0.2, 0) is 4.43 Å². The highest BCUT2D eigenvalue weighted by atomic mass is 32.2. The lowest BCUT2D eigenvalue weighted by molar-refractivity contribution is 0.143. The van der Waals surface area contributed by atoms with Gasteiger partial charge in [-0.25, -0.2) is 0 Å². The molecule has 1 aliphatic heterocycles. The fraction of sp³-hybridized carbons (Fsp3) is 0.889. The summed E-state index contributed by atoms with van der Waals surface area (Å²) >= 11 is 1.84. The third-order valence-corrected chi connectivity index (χ3v) is 4.30. The third kappa shape index (κ3) is 3.01. The molecule has 1 saturated heterocycles. The normalized spacial score (nSPS) is 34.5. The van der Waals surface area contributed by atoms with Crippen LogP contribution in [0.25, 0.3) is 0 Å². The van der Waals surface area contributed by atoms with Crippen molar-refractivity contribution >= 4 is 20.1 Å². The van der Waals surface area contributed by atoms with Gasteiger partial charge in [-0.15, -0.1) is 0 Å². The van der Waals surface area contributed by atoms with Gasteiger partial charge in [0.15, 0.2) is 13.9 Å². The van der Waals surface area contributed by atoms with Crippen molar-refractivity contribution in [2.45, 2.75) is 43.8 Å². The van der Waals surface area contributed by atoms with Crippen LogP contribution in [0.5, 0.6) is 0 Å². The maximum absolute atomic E-state index is 9.13. The first-order chi connectivity index (χ1) is 5.87. The average Bonchev–Trinajstić information content (AvgIpc) is 2.29. The SMILES string of the molecule is CC1CC(C#N)(O[Si](C)(C)C)CS1. The molecule has 0 spiro atoms. The number of nitrogens with zero attached hydrogens (tertiary/aromatic N) is 1. The van der Waals surface area contributed by atoms with Crippen molar-refractivity contribution in [1.29, 1.82) is 5.26 Å². The zero-order chi connectivity index (χ0) is 10.1. The predicted octanol–water partition coefficient (Wildman–Crippen LogP) is 2.63. The Balaban J connectivity index is 2.68. The summed E-state index contributed by atoms with van der Waals surface area (Å²) in [5.74, 6) is 0.842. The molecule has 0 aliphatic carbocycles. The standard InChI is InChI=1S/C9H17NOSSi/c1-8-5-9(6-10,7-12-8)11-13(2,3)4/h8H,5,7H2,1-4H3. The fourth-order valence-electron chi connectivity index (χ4n) is 1.62. The molecular weight excluding hydrogens is 198 g/mol. The van der Waals surface area contributed by atoms with Crippen molar-refractivity contribution in [3.8, 4) is 6.07 Å². The summed E-state index contributed by atoms with van der Waals surface area (Å²) in [6, 6.07) is 2.36. The zero-order valence-corrected chi connectivity index (χ0v) is 10.6. The Kier molecular flexibility index (Phi) is 3.11. The van der Waals surface area contributed by atoms with Crippen molar-refractivity contribution in [2.75, 3.05) is 5.75 Å². The number of hydrogen-bond donors (Lipinski definition) is 0. The Hall–Kier alpha value is 0.0169. The molecule has 1 heterocycles. The Morgan fingerprint density at radius 2 is 2.15 bits per heavy atom. The lowest BCUT2D eigenvalue weighted by Gasteiger charge is -2.29. The van der Waals surface area contributed by atoms with E-state index in [1.54, 1.807) is 0 Å². The molecule has 0 N–H and O–H groups in total. The first-order valence-electron chi connectivity index (χ1n) is 4.60. The first kappa shape index (κ1) is 11.1. The highest BCUT2D eigenvalue weighted by Crippen LogP contribution is 2.38. The van der Waals surface area contributed by atoms with E-state index in [0.29, 0.717) is 5.25 Å². The maximum Gasteiger partial charge on any atom is 0.185 e. The van der Waals surface area contributed by atoms with Crippen LogP contribution in [0.3, 0.4) is 0 Å². The molecule has 0 radical (unpaired) electrons. The fourth-order valence-corrected chi connectivity index (χ4v) is 4.28. The van der Waals surface area contributed by atoms with Crippen LogP contribution >= 0.6 is 11.8 Å². The topological polar surface area (TPSA) is 33.0 Å². The number of rotatable bonds is 2.